The Morgan fingerprint density at radius 1 is 1.77 bits per heavy atom. The summed E-state index contributed by atoms with van der Waals surface area (Å²) in [4.78, 5) is 24.0. The van der Waals surface area contributed by atoms with E-state index in [1.54, 1.807) is 4.90 Å². The molecule has 1 rings (SSSR count). The zero-order valence-electron chi connectivity index (χ0n) is 7.77. The minimum absolute atomic E-state index is 0.0598. The van der Waals surface area contributed by atoms with Gasteiger partial charge in [-0.1, -0.05) is 6.92 Å². The van der Waals surface area contributed by atoms with Gasteiger partial charge >= 0.3 is 0 Å². The fourth-order valence-corrected chi connectivity index (χ4v) is 1.72. The molecule has 1 aliphatic heterocycles. The largest absolute Gasteiger partial charge is 0.333 e. The first-order chi connectivity index (χ1) is 6.20. The molecular weight excluding hydrogens is 186 g/mol. The second-order valence-corrected chi connectivity index (χ2v) is 3.83. The van der Waals surface area contributed by atoms with E-state index in [1.807, 2.05) is 6.92 Å². The zero-order chi connectivity index (χ0) is 9.84. The second kappa shape index (κ2) is 4.65. The number of amides is 1. The van der Waals surface area contributed by atoms with E-state index in [0.717, 1.165) is 25.7 Å². The molecule has 0 radical (unpaired) electrons. The highest BCUT2D eigenvalue weighted by Crippen LogP contribution is 2.18. The Morgan fingerprint density at radius 2 is 2.46 bits per heavy atom. The van der Waals surface area contributed by atoms with Crippen LogP contribution in [0.1, 0.15) is 19.8 Å². The molecule has 3 nitrogen and oxygen atoms in total. The van der Waals surface area contributed by atoms with Crippen molar-refractivity contribution >= 4 is 24.8 Å². The summed E-state index contributed by atoms with van der Waals surface area (Å²) in [7, 11) is 0. The molecule has 0 aromatic rings. The molecule has 1 amide bonds. The number of rotatable bonds is 3. The Kier molecular flexibility index (Phi) is 3.78. The first-order valence-corrected chi connectivity index (χ1v) is 5.20. The maximum atomic E-state index is 11.7. The SMILES string of the molecule is C[C@H](CS)C(=O)N1CCC[C@H]1C=O. The normalized spacial score (nSPS) is 24.5. The highest BCUT2D eigenvalue weighted by atomic mass is 32.1. The van der Waals surface area contributed by atoms with Gasteiger partial charge in [0, 0.05) is 18.2 Å². The van der Waals surface area contributed by atoms with Crippen molar-refractivity contribution < 1.29 is 9.59 Å². The van der Waals surface area contributed by atoms with E-state index in [0.29, 0.717) is 5.75 Å². The van der Waals surface area contributed by atoms with Crippen LogP contribution in [-0.4, -0.2) is 35.4 Å². The fourth-order valence-electron chi connectivity index (χ4n) is 1.57. The Hall–Kier alpha value is -0.510. The van der Waals surface area contributed by atoms with Crippen LogP contribution in [-0.2, 0) is 9.59 Å². The van der Waals surface area contributed by atoms with Gasteiger partial charge in [-0.25, -0.2) is 0 Å². The molecule has 13 heavy (non-hydrogen) atoms. The maximum Gasteiger partial charge on any atom is 0.226 e. The molecule has 74 valence electrons. The van der Waals surface area contributed by atoms with Crippen LogP contribution >= 0.6 is 12.6 Å². The van der Waals surface area contributed by atoms with Crippen LogP contribution in [0.2, 0.25) is 0 Å². The van der Waals surface area contributed by atoms with E-state index in [2.05, 4.69) is 12.6 Å². The summed E-state index contributed by atoms with van der Waals surface area (Å²) in [6, 6.07) is -0.185. The Morgan fingerprint density at radius 3 is 3.00 bits per heavy atom. The topological polar surface area (TPSA) is 37.4 Å². The van der Waals surface area contributed by atoms with Gasteiger partial charge in [-0.15, -0.1) is 0 Å². The highest BCUT2D eigenvalue weighted by molar-refractivity contribution is 7.80. The first-order valence-electron chi connectivity index (χ1n) is 4.57. The molecule has 0 N–H and O–H groups in total. The number of carbonyl (C=O) groups excluding carboxylic acids is 2. The Labute approximate surface area is 83.9 Å². The molecule has 0 bridgehead atoms. The molecule has 1 saturated heterocycles. The Bertz CT molecular complexity index is 208. The monoisotopic (exact) mass is 201 g/mol. The van der Waals surface area contributed by atoms with Crippen LogP contribution < -0.4 is 0 Å². The van der Waals surface area contributed by atoms with Gasteiger partial charge in [-0.05, 0) is 12.8 Å². The van der Waals surface area contributed by atoms with Crippen LogP contribution in [0.5, 0.6) is 0 Å². The molecule has 0 aromatic carbocycles. The predicted octanol–water partition coefficient (Wildman–Crippen LogP) is 0.742. The van der Waals surface area contributed by atoms with Crippen LogP contribution in [0, 0.1) is 5.92 Å². The van der Waals surface area contributed by atoms with Crippen molar-refractivity contribution in [2.24, 2.45) is 5.92 Å². The average Bonchev–Trinajstić information content (AvgIpc) is 2.62. The van der Waals surface area contributed by atoms with Gasteiger partial charge < -0.3 is 9.69 Å². The van der Waals surface area contributed by atoms with Crippen LogP contribution in [0.4, 0.5) is 0 Å². The van der Waals surface area contributed by atoms with Gasteiger partial charge in [0.2, 0.25) is 5.91 Å². The molecule has 0 aromatic heterocycles. The smallest absolute Gasteiger partial charge is 0.226 e. The van der Waals surface area contributed by atoms with Crippen molar-refractivity contribution in [3.05, 3.63) is 0 Å². The number of likely N-dealkylation sites (tertiary alicyclic amines) is 1. The van der Waals surface area contributed by atoms with Crippen LogP contribution in [0.15, 0.2) is 0 Å². The molecule has 1 aliphatic rings. The summed E-state index contributed by atoms with van der Waals surface area (Å²) >= 11 is 4.07. The molecule has 0 aliphatic carbocycles. The van der Waals surface area contributed by atoms with E-state index in [9.17, 15) is 9.59 Å². The predicted molar refractivity (Wildman–Crippen MR) is 53.8 cm³/mol. The van der Waals surface area contributed by atoms with Crippen molar-refractivity contribution in [3.63, 3.8) is 0 Å². The van der Waals surface area contributed by atoms with Gasteiger partial charge in [0.25, 0.3) is 0 Å². The highest BCUT2D eigenvalue weighted by Gasteiger charge is 2.30. The third-order valence-corrected chi connectivity index (χ3v) is 2.98. The number of thiol groups is 1. The molecule has 0 unspecified atom stereocenters. The van der Waals surface area contributed by atoms with Crippen molar-refractivity contribution in [1.29, 1.82) is 0 Å². The quantitative estimate of drug-likeness (QED) is 0.540. The van der Waals surface area contributed by atoms with Gasteiger partial charge in [-0.3, -0.25) is 4.79 Å². The summed E-state index contributed by atoms with van der Waals surface area (Å²) in [5, 5.41) is 0. The lowest BCUT2D eigenvalue weighted by Crippen LogP contribution is -2.40. The molecule has 1 heterocycles. The molecule has 4 heteroatoms. The van der Waals surface area contributed by atoms with Crippen LogP contribution in [0.25, 0.3) is 0 Å². The number of hydrogen-bond acceptors (Lipinski definition) is 3. The van der Waals surface area contributed by atoms with E-state index in [1.165, 1.54) is 0 Å². The maximum absolute atomic E-state index is 11.7. The second-order valence-electron chi connectivity index (χ2n) is 3.46. The number of aldehydes is 1. The molecule has 2 atom stereocenters. The van der Waals surface area contributed by atoms with Crippen molar-refractivity contribution in [1.82, 2.24) is 4.90 Å². The lowest BCUT2D eigenvalue weighted by Gasteiger charge is -2.23. The lowest BCUT2D eigenvalue weighted by atomic mass is 10.1. The van der Waals surface area contributed by atoms with E-state index >= 15 is 0 Å². The third kappa shape index (κ3) is 2.24. The Balaban J connectivity index is 2.59. The van der Waals surface area contributed by atoms with Crippen molar-refractivity contribution in [3.8, 4) is 0 Å². The molecule has 0 saturated carbocycles. The fraction of sp³-hybridized carbons (Fsp3) is 0.778. The van der Waals surface area contributed by atoms with Gasteiger partial charge in [0.15, 0.2) is 0 Å². The zero-order valence-corrected chi connectivity index (χ0v) is 8.67. The standard InChI is InChI=1S/C9H15NO2S/c1-7(6-13)9(12)10-4-2-3-8(10)5-11/h5,7-8,13H,2-4,6H2,1H3/t7-,8+/m1/s1. The molecule has 0 spiro atoms. The minimum atomic E-state index is -0.185. The average molecular weight is 201 g/mol. The minimum Gasteiger partial charge on any atom is -0.333 e. The number of hydrogen-bond donors (Lipinski definition) is 1. The van der Waals surface area contributed by atoms with E-state index in [-0.39, 0.29) is 17.9 Å². The third-order valence-electron chi connectivity index (χ3n) is 2.43. The lowest BCUT2D eigenvalue weighted by molar-refractivity contribution is -0.137. The molecular formula is C9H15NO2S. The summed E-state index contributed by atoms with van der Waals surface area (Å²) in [5.74, 6) is 0.523. The summed E-state index contributed by atoms with van der Waals surface area (Å²) in [6.45, 7) is 2.57. The summed E-state index contributed by atoms with van der Waals surface area (Å²) in [5.41, 5.74) is 0. The van der Waals surface area contributed by atoms with Crippen LogP contribution in [0.3, 0.4) is 0 Å². The first kappa shape index (κ1) is 10.6. The summed E-state index contributed by atoms with van der Waals surface area (Å²) in [6.07, 6.45) is 2.62. The van der Waals surface area contributed by atoms with Crippen molar-refractivity contribution in [2.75, 3.05) is 12.3 Å². The van der Waals surface area contributed by atoms with Gasteiger partial charge in [0.1, 0.15) is 6.29 Å². The number of carbonyl (C=O) groups is 2. The molecule has 1 fully saturated rings. The van der Waals surface area contributed by atoms with Gasteiger partial charge in [-0.2, -0.15) is 12.6 Å². The van der Waals surface area contributed by atoms with Crippen molar-refractivity contribution in [2.45, 2.75) is 25.8 Å². The van der Waals surface area contributed by atoms with E-state index < -0.39 is 0 Å². The number of nitrogens with zero attached hydrogens (tertiary/aromatic N) is 1. The van der Waals surface area contributed by atoms with Gasteiger partial charge in [0.05, 0.1) is 6.04 Å². The summed E-state index contributed by atoms with van der Waals surface area (Å²) < 4.78 is 0. The van der Waals surface area contributed by atoms with E-state index in [4.69, 9.17) is 0 Å².